The normalized spacial score (nSPS) is 17.7. The summed E-state index contributed by atoms with van der Waals surface area (Å²) in [5, 5.41) is 19.1. The summed E-state index contributed by atoms with van der Waals surface area (Å²) in [6.45, 7) is 1.12. The van der Waals surface area contributed by atoms with Gasteiger partial charge in [-0.2, -0.15) is 0 Å². The van der Waals surface area contributed by atoms with Crippen LogP contribution in [0.25, 0.3) is 0 Å². The number of aromatic hydroxyl groups is 2. The second kappa shape index (κ2) is 5.67. The molecule has 2 aromatic rings. The number of amides is 1. The number of carbonyl (C=O) groups excluding carboxylic acids is 1. The lowest BCUT2D eigenvalue weighted by Crippen LogP contribution is -2.28. The van der Waals surface area contributed by atoms with Gasteiger partial charge >= 0.3 is 0 Å². The van der Waals surface area contributed by atoms with Crippen molar-refractivity contribution >= 4 is 5.91 Å². The fourth-order valence-electron chi connectivity index (χ4n) is 2.82. The Hall–Kier alpha value is -2.56. The molecule has 1 aliphatic rings. The van der Waals surface area contributed by atoms with Gasteiger partial charge in [0.15, 0.2) is 0 Å². The zero-order valence-corrected chi connectivity index (χ0v) is 11.9. The summed E-state index contributed by atoms with van der Waals surface area (Å²) in [5.41, 5.74) is 1.18. The van der Waals surface area contributed by atoms with Crippen molar-refractivity contribution in [3.05, 3.63) is 59.4 Å². The summed E-state index contributed by atoms with van der Waals surface area (Å²) >= 11 is 0. The van der Waals surface area contributed by atoms with Crippen molar-refractivity contribution in [1.29, 1.82) is 0 Å². The molecule has 5 heteroatoms. The molecule has 114 valence electrons. The Morgan fingerprint density at radius 2 is 1.86 bits per heavy atom. The third-order valence-electron chi connectivity index (χ3n) is 4.03. The number of halogens is 1. The average Bonchev–Trinajstić information content (AvgIpc) is 2.97. The van der Waals surface area contributed by atoms with E-state index >= 15 is 0 Å². The molecule has 0 saturated carbocycles. The number of likely N-dealkylation sites (tertiary alicyclic amines) is 1. The zero-order chi connectivity index (χ0) is 15.7. The highest BCUT2D eigenvalue weighted by atomic mass is 19.1. The van der Waals surface area contributed by atoms with E-state index in [9.17, 15) is 19.4 Å². The Balaban J connectivity index is 1.74. The fraction of sp³-hybridized carbons (Fsp3) is 0.235. The Bertz CT molecular complexity index is 700. The molecule has 2 N–H and O–H groups in total. The molecule has 0 unspecified atom stereocenters. The molecule has 0 bridgehead atoms. The van der Waals surface area contributed by atoms with Crippen LogP contribution in [0, 0.1) is 5.82 Å². The lowest BCUT2D eigenvalue weighted by molar-refractivity contribution is 0.0788. The maximum absolute atomic E-state index is 13.0. The zero-order valence-electron chi connectivity index (χ0n) is 11.9. The maximum atomic E-state index is 13.0. The summed E-state index contributed by atoms with van der Waals surface area (Å²) in [6, 6.07) is 10.3. The van der Waals surface area contributed by atoms with Crippen molar-refractivity contribution in [2.45, 2.75) is 12.3 Å². The van der Waals surface area contributed by atoms with E-state index in [4.69, 9.17) is 0 Å². The average molecular weight is 301 g/mol. The first-order valence-electron chi connectivity index (χ1n) is 7.11. The highest BCUT2D eigenvalue weighted by molar-refractivity contribution is 5.97. The number of carbonyl (C=O) groups is 1. The summed E-state index contributed by atoms with van der Waals surface area (Å²) in [4.78, 5) is 14.1. The van der Waals surface area contributed by atoms with Gasteiger partial charge in [0.05, 0.1) is 5.56 Å². The Morgan fingerprint density at radius 1 is 1.14 bits per heavy atom. The Kier molecular flexibility index (Phi) is 3.71. The Morgan fingerprint density at radius 3 is 2.55 bits per heavy atom. The highest BCUT2D eigenvalue weighted by Crippen LogP contribution is 2.30. The molecular weight excluding hydrogens is 285 g/mol. The second-order valence-electron chi connectivity index (χ2n) is 5.49. The molecular formula is C17H16FNO3. The minimum atomic E-state index is -0.274. The summed E-state index contributed by atoms with van der Waals surface area (Å²) in [6.07, 6.45) is 0.802. The SMILES string of the molecule is O=C(c1ccc(O)cc1O)N1CC[C@@H](c2ccc(F)cc2)C1. The van der Waals surface area contributed by atoms with E-state index in [0.29, 0.717) is 13.1 Å². The van der Waals surface area contributed by atoms with Gasteiger partial charge in [0.25, 0.3) is 5.91 Å². The van der Waals surface area contributed by atoms with Crippen LogP contribution in [0.3, 0.4) is 0 Å². The predicted octanol–water partition coefficient (Wildman–Crippen LogP) is 2.87. The number of phenolic OH excluding ortho intramolecular Hbond substituents is 2. The van der Waals surface area contributed by atoms with Gasteiger partial charge in [0.1, 0.15) is 17.3 Å². The largest absolute Gasteiger partial charge is 0.508 e. The van der Waals surface area contributed by atoms with E-state index in [1.807, 2.05) is 0 Å². The number of benzene rings is 2. The van der Waals surface area contributed by atoms with Crippen molar-refractivity contribution in [3.8, 4) is 11.5 Å². The second-order valence-corrected chi connectivity index (χ2v) is 5.49. The number of rotatable bonds is 2. The van der Waals surface area contributed by atoms with Gasteiger partial charge in [-0.3, -0.25) is 4.79 Å². The van der Waals surface area contributed by atoms with Crippen LogP contribution in [0.1, 0.15) is 28.3 Å². The van der Waals surface area contributed by atoms with E-state index in [1.54, 1.807) is 17.0 Å². The standard InChI is InChI=1S/C17H16FNO3/c18-13-3-1-11(2-4-13)12-7-8-19(10-12)17(22)15-6-5-14(20)9-16(15)21/h1-6,9,12,20-21H,7-8,10H2/t12-/m1/s1. The van der Waals surface area contributed by atoms with Crippen molar-refractivity contribution in [2.24, 2.45) is 0 Å². The Labute approximate surface area is 127 Å². The fourth-order valence-corrected chi connectivity index (χ4v) is 2.82. The van der Waals surface area contributed by atoms with E-state index in [1.165, 1.54) is 24.3 Å². The van der Waals surface area contributed by atoms with Crippen LogP contribution in [0.15, 0.2) is 42.5 Å². The minimum Gasteiger partial charge on any atom is -0.508 e. The van der Waals surface area contributed by atoms with Crippen molar-refractivity contribution < 1.29 is 19.4 Å². The third-order valence-corrected chi connectivity index (χ3v) is 4.03. The molecule has 0 spiro atoms. The number of hydrogen-bond donors (Lipinski definition) is 2. The van der Waals surface area contributed by atoms with E-state index in [2.05, 4.69) is 0 Å². The van der Waals surface area contributed by atoms with Gasteiger partial charge in [-0.05, 0) is 36.2 Å². The first-order valence-corrected chi connectivity index (χ1v) is 7.11. The van der Waals surface area contributed by atoms with Crippen LogP contribution in [-0.4, -0.2) is 34.1 Å². The highest BCUT2D eigenvalue weighted by Gasteiger charge is 2.29. The van der Waals surface area contributed by atoms with Gasteiger partial charge in [0.2, 0.25) is 0 Å². The summed E-state index contributed by atoms with van der Waals surface area (Å²) in [5.74, 6) is -0.676. The molecule has 2 aromatic carbocycles. The molecule has 1 saturated heterocycles. The number of phenols is 2. The van der Waals surface area contributed by atoms with Gasteiger partial charge in [-0.15, -0.1) is 0 Å². The van der Waals surface area contributed by atoms with E-state index in [0.717, 1.165) is 18.1 Å². The molecule has 1 heterocycles. The quantitative estimate of drug-likeness (QED) is 0.896. The van der Waals surface area contributed by atoms with Crippen LogP contribution < -0.4 is 0 Å². The first-order chi connectivity index (χ1) is 10.5. The van der Waals surface area contributed by atoms with Crippen LogP contribution in [-0.2, 0) is 0 Å². The molecule has 0 radical (unpaired) electrons. The van der Waals surface area contributed by atoms with Crippen LogP contribution >= 0.6 is 0 Å². The number of nitrogens with zero attached hydrogens (tertiary/aromatic N) is 1. The van der Waals surface area contributed by atoms with Gasteiger partial charge in [-0.25, -0.2) is 4.39 Å². The number of hydrogen-bond acceptors (Lipinski definition) is 3. The van der Waals surface area contributed by atoms with Crippen LogP contribution in [0.2, 0.25) is 0 Å². The maximum Gasteiger partial charge on any atom is 0.257 e. The molecule has 1 fully saturated rings. The molecule has 4 nitrogen and oxygen atoms in total. The van der Waals surface area contributed by atoms with Crippen LogP contribution in [0.4, 0.5) is 4.39 Å². The van der Waals surface area contributed by atoms with Crippen molar-refractivity contribution in [2.75, 3.05) is 13.1 Å². The lowest BCUT2D eigenvalue weighted by atomic mass is 9.98. The lowest BCUT2D eigenvalue weighted by Gasteiger charge is -2.17. The first kappa shape index (κ1) is 14.4. The van der Waals surface area contributed by atoms with Gasteiger partial charge in [0, 0.05) is 25.1 Å². The minimum absolute atomic E-state index is 0.0836. The molecule has 1 atom stereocenters. The smallest absolute Gasteiger partial charge is 0.257 e. The predicted molar refractivity (Wildman–Crippen MR) is 79.4 cm³/mol. The van der Waals surface area contributed by atoms with Crippen LogP contribution in [0.5, 0.6) is 11.5 Å². The molecule has 1 aliphatic heterocycles. The molecule has 0 aromatic heterocycles. The van der Waals surface area contributed by atoms with Crippen molar-refractivity contribution in [1.82, 2.24) is 4.90 Å². The van der Waals surface area contributed by atoms with Gasteiger partial charge < -0.3 is 15.1 Å². The topological polar surface area (TPSA) is 60.8 Å². The molecule has 1 amide bonds. The molecule has 22 heavy (non-hydrogen) atoms. The van der Waals surface area contributed by atoms with E-state index in [-0.39, 0.29) is 34.7 Å². The van der Waals surface area contributed by atoms with Crippen molar-refractivity contribution in [3.63, 3.8) is 0 Å². The monoisotopic (exact) mass is 301 g/mol. The summed E-state index contributed by atoms with van der Waals surface area (Å²) < 4.78 is 13.0. The third kappa shape index (κ3) is 2.74. The molecule has 0 aliphatic carbocycles. The van der Waals surface area contributed by atoms with E-state index < -0.39 is 0 Å². The molecule has 3 rings (SSSR count). The summed E-state index contributed by atoms with van der Waals surface area (Å²) in [7, 11) is 0. The van der Waals surface area contributed by atoms with Gasteiger partial charge in [-0.1, -0.05) is 12.1 Å².